The van der Waals surface area contributed by atoms with Gasteiger partial charge in [0, 0.05) is 11.3 Å². The van der Waals surface area contributed by atoms with Gasteiger partial charge in [0.15, 0.2) is 10.0 Å². The van der Waals surface area contributed by atoms with Crippen molar-refractivity contribution in [2.75, 3.05) is 12.4 Å². The van der Waals surface area contributed by atoms with Crippen LogP contribution >= 0.6 is 0 Å². The molecule has 0 amide bonds. The van der Waals surface area contributed by atoms with Crippen LogP contribution < -0.4 is 29.6 Å². The molecule has 0 spiro atoms. The first kappa shape index (κ1) is 23.1. The van der Waals surface area contributed by atoms with Gasteiger partial charge in [-0.05, 0) is 13.3 Å². The second-order valence-corrected chi connectivity index (χ2v) is 7.13. The number of carbonyl (C=O) groups excluding carboxylic acids is 1. The standard InChI is InChI=1S/C8H11F3NO6S2.Na/c1-6(2)7(13)18-4-3-5-19(14,15)12-20(16,17)8(9,10)11;/h1,3-5H2,2H3;/q-1;+1. The van der Waals surface area contributed by atoms with E-state index < -0.39 is 50.3 Å². The summed E-state index contributed by atoms with van der Waals surface area (Å²) in [5, 5.41) is 0. The molecule has 118 valence electrons. The number of halogens is 3. The molecule has 0 atom stereocenters. The summed E-state index contributed by atoms with van der Waals surface area (Å²) in [6.45, 7) is 4.16. The number of hydrogen-bond donors (Lipinski definition) is 0. The fraction of sp³-hybridized carbons (Fsp3) is 0.625. The van der Waals surface area contributed by atoms with Crippen molar-refractivity contribution in [3.05, 3.63) is 16.3 Å². The fourth-order valence-electron chi connectivity index (χ4n) is 0.758. The van der Waals surface area contributed by atoms with Crippen LogP contribution in [0.2, 0.25) is 0 Å². The molecule has 0 heterocycles. The number of hydrogen-bond acceptors (Lipinski definition) is 6. The van der Waals surface area contributed by atoms with Crippen LogP contribution in [0, 0.1) is 0 Å². The molecule has 0 aliphatic rings. The molecule has 0 bridgehead atoms. The van der Waals surface area contributed by atoms with E-state index in [2.05, 4.69) is 11.3 Å². The van der Waals surface area contributed by atoms with Crippen LogP contribution in [-0.4, -0.2) is 40.7 Å². The molecule has 7 nitrogen and oxygen atoms in total. The van der Waals surface area contributed by atoms with Crippen molar-refractivity contribution in [1.29, 1.82) is 0 Å². The van der Waals surface area contributed by atoms with Crippen molar-refractivity contribution >= 4 is 26.0 Å². The second-order valence-electron chi connectivity index (χ2n) is 3.55. The molecule has 0 radical (unpaired) electrons. The number of ether oxygens (including phenoxy) is 1. The Morgan fingerprint density at radius 1 is 1.24 bits per heavy atom. The minimum Gasteiger partial charge on any atom is -0.462 e. The molecular weight excluding hydrogens is 350 g/mol. The second kappa shape index (κ2) is 8.48. The molecule has 0 aromatic carbocycles. The van der Waals surface area contributed by atoms with E-state index in [1.165, 1.54) is 6.92 Å². The Morgan fingerprint density at radius 2 is 1.71 bits per heavy atom. The van der Waals surface area contributed by atoms with E-state index in [1.807, 2.05) is 4.13 Å². The average Bonchev–Trinajstić information content (AvgIpc) is 2.20. The van der Waals surface area contributed by atoms with Crippen LogP contribution in [0.1, 0.15) is 13.3 Å². The monoisotopic (exact) mass is 361 g/mol. The SMILES string of the molecule is C=C(C)C(=O)OCCCS(=O)(=O)[N-]S(=O)(=O)C(F)(F)F.[Na+]. The normalized spacial score (nSPS) is 12.4. The van der Waals surface area contributed by atoms with Crippen molar-refractivity contribution in [2.45, 2.75) is 18.9 Å². The van der Waals surface area contributed by atoms with E-state index in [0.29, 0.717) is 0 Å². The molecule has 21 heavy (non-hydrogen) atoms. The Morgan fingerprint density at radius 3 is 2.10 bits per heavy atom. The summed E-state index contributed by atoms with van der Waals surface area (Å²) in [7, 11) is -10.9. The molecule has 0 aliphatic heterocycles. The molecule has 0 aromatic heterocycles. The third-order valence-electron chi connectivity index (χ3n) is 1.63. The van der Waals surface area contributed by atoms with Crippen LogP contribution in [0.5, 0.6) is 0 Å². The molecule has 0 fully saturated rings. The van der Waals surface area contributed by atoms with Gasteiger partial charge in [0.1, 0.15) is 0 Å². The topological polar surface area (TPSA) is 109 Å². The minimum atomic E-state index is -6.11. The zero-order valence-electron chi connectivity index (χ0n) is 11.2. The van der Waals surface area contributed by atoms with Gasteiger partial charge in [-0.25, -0.2) is 21.6 Å². The summed E-state index contributed by atoms with van der Waals surface area (Å²) >= 11 is 0. The molecule has 0 aliphatic carbocycles. The van der Waals surface area contributed by atoms with Crippen LogP contribution in [0.4, 0.5) is 13.2 Å². The first-order valence-electron chi connectivity index (χ1n) is 4.89. The summed E-state index contributed by atoms with van der Waals surface area (Å²) < 4.78 is 85.3. The molecule has 0 rings (SSSR count). The summed E-state index contributed by atoms with van der Waals surface area (Å²) in [4.78, 5) is 10.9. The first-order chi connectivity index (χ1) is 8.78. The molecular formula is C8H11F3NNaO6S2. The number of alkyl halides is 3. The van der Waals surface area contributed by atoms with Gasteiger partial charge in [0.2, 0.25) is 0 Å². The van der Waals surface area contributed by atoms with Crippen LogP contribution in [0.25, 0.3) is 4.13 Å². The van der Waals surface area contributed by atoms with Crippen molar-refractivity contribution in [3.63, 3.8) is 0 Å². The van der Waals surface area contributed by atoms with Crippen molar-refractivity contribution in [2.24, 2.45) is 0 Å². The quantitative estimate of drug-likeness (QED) is 0.226. The summed E-state index contributed by atoms with van der Waals surface area (Å²) in [6, 6.07) is 0. The molecule has 0 N–H and O–H groups in total. The Labute approximate surface area is 142 Å². The first-order valence-corrected chi connectivity index (χ1v) is 7.94. The molecule has 0 unspecified atom stereocenters. The van der Waals surface area contributed by atoms with E-state index in [1.54, 1.807) is 0 Å². The Hall–Kier alpha value is -0.140. The van der Waals surface area contributed by atoms with E-state index in [4.69, 9.17) is 0 Å². The maximum absolute atomic E-state index is 11.9. The summed E-state index contributed by atoms with van der Waals surface area (Å²) in [6.07, 6.45) is -0.405. The number of nitrogens with zero attached hydrogens (tertiary/aromatic N) is 1. The van der Waals surface area contributed by atoms with Gasteiger partial charge < -0.3 is 8.86 Å². The third-order valence-corrected chi connectivity index (χ3v) is 4.72. The van der Waals surface area contributed by atoms with E-state index >= 15 is 0 Å². The predicted octanol–water partition coefficient (Wildman–Crippen LogP) is -1.95. The van der Waals surface area contributed by atoms with Crippen molar-refractivity contribution in [3.8, 4) is 0 Å². The number of sulfonamides is 2. The Bertz CT molecular complexity index is 584. The maximum Gasteiger partial charge on any atom is 1.00 e. The molecule has 0 saturated carbocycles. The number of rotatable bonds is 7. The van der Waals surface area contributed by atoms with E-state index in [-0.39, 0.29) is 35.1 Å². The number of carbonyl (C=O) groups is 1. The summed E-state index contributed by atoms with van der Waals surface area (Å²) in [5.41, 5.74) is -5.73. The average molecular weight is 361 g/mol. The molecule has 13 heteroatoms. The largest absolute Gasteiger partial charge is 1.00 e. The predicted molar refractivity (Wildman–Crippen MR) is 62.5 cm³/mol. The van der Waals surface area contributed by atoms with Gasteiger partial charge in [0.05, 0.1) is 16.6 Å². The smallest absolute Gasteiger partial charge is 0.462 e. The van der Waals surface area contributed by atoms with Gasteiger partial charge in [-0.15, -0.1) is 0 Å². The van der Waals surface area contributed by atoms with Crippen LogP contribution in [-0.2, 0) is 29.6 Å². The fourth-order valence-corrected chi connectivity index (χ4v) is 3.07. The minimum absolute atomic E-state index is 0. The van der Waals surface area contributed by atoms with Gasteiger partial charge >= 0.3 is 41.0 Å². The van der Waals surface area contributed by atoms with E-state index in [0.717, 1.165) is 0 Å². The molecule has 0 aromatic rings. The molecule has 0 saturated heterocycles. The number of esters is 1. The van der Waals surface area contributed by atoms with E-state index in [9.17, 15) is 34.8 Å². The zero-order valence-corrected chi connectivity index (χ0v) is 14.8. The van der Waals surface area contributed by atoms with Crippen LogP contribution in [0.3, 0.4) is 0 Å². The zero-order chi connectivity index (χ0) is 16.2. The van der Waals surface area contributed by atoms with Crippen LogP contribution in [0.15, 0.2) is 12.2 Å². The van der Waals surface area contributed by atoms with Crippen molar-refractivity contribution in [1.82, 2.24) is 0 Å². The third kappa shape index (κ3) is 8.78. The van der Waals surface area contributed by atoms with Gasteiger partial charge in [-0.3, -0.25) is 0 Å². The van der Waals surface area contributed by atoms with Gasteiger partial charge in [-0.2, -0.15) is 13.2 Å². The van der Waals surface area contributed by atoms with Gasteiger partial charge in [-0.1, -0.05) is 6.58 Å². The Kier molecular flexibility index (Phi) is 9.34. The Balaban J connectivity index is 0. The van der Waals surface area contributed by atoms with Crippen molar-refractivity contribution < 1.29 is 69.1 Å². The maximum atomic E-state index is 11.9. The summed E-state index contributed by atoms with van der Waals surface area (Å²) in [5.74, 6) is -1.81. The van der Waals surface area contributed by atoms with Gasteiger partial charge in [0.25, 0.3) is 0 Å².